The highest BCUT2D eigenvalue weighted by atomic mass is 32.2. The lowest BCUT2D eigenvalue weighted by Gasteiger charge is -2.32. The second-order valence-electron chi connectivity index (χ2n) is 5.35. The van der Waals surface area contributed by atoms with Gasteiger partial charge in [-0.05, 0) is 43.4 Å². The molecule has 1 atom stereocenters. The Bertz CT molecular complexity index is 727. The first kappa shape index (κ1) is 13.5. The smallest absolute Gasteiger partial charge is 0.243 e. The van der Waals surface area contributed by atoms with E-state index >= 15 is 0 Å². The molecule has 106 valence electrons. The van der Waals surface area contributed by atoms with Crippen LogP contribution >= 0.6 is 0 Å². The number of nitrogens with zero attached hydrogens (tertiary/aromatic N) is 2. The van der Waals surface area contributed by atoms with Crippen molar-refractivity contribution in [1.29, 1.82) is 0 Å². The molecule has 0 aliphatic carbocycles. The van der Waals surface area contributed by atoms with E-state index in [1.54, 1.807) is 28.8 Å². The van der Waals surface area contributed by atoms with Gasteiger partial charge in [-0.2, -0.15) is 4.31 Å². The molecule has 1 fully saturated rings. The summed E-state index contributed by atoms with van der Waals surface area (Å²) in [4.78, 5) is 4.43. The first-order chi connectivity index (χ1) is 9.59. The average molecular weight is 290 g/mol. The molecule has 5 heteroatoms. The number of hydrogen-bond donors (Lipinski definition) is 0. The van der Waals surface area contributed by atoms with Gasteiger partial charge in [-0.1, -0.05) is 12.5 Å². The molecule has 2 heterocycles. The Labute approximate surface area is 119 Å². The van der Waals surface area contributed by atoms with Gasteiger partial charge in [0.05, 0.1) is 4.90 Å². The van der Waals surface area contributed by atoms with Gasteiger partial charge >= 0.3 is 0 Å². The van der Waals surface area contributed by atoms with Gasteiger partial charge in [-0.3, -0.25) is 4.98 Å². The van der Waals surface area contributed by atoms with E-state index in [1.165, 1.54) is 0 Å². The number of fused-ring (bicyclic) bond motifs is 1. The predicted octanol–water partition coefficient (Wildman–Crippen LogP) is 2.80. The summed E-state index contributed by atoms with van der Waals surface area (Å²) in [7, 11) is -3.39. The maximum atomic E-state index is 12.8. The van der Waals surface area contributed by atoms with E-state index < -0.39 is 10.0 Å². The summed E-state index contributed by atoms with van der Waals surface area (Å²) in [5.41, 5.74) is 0. The zero-order valence-corrected chi connectivity index (χ0v) is 12.3. The summed E-state index contributed by atoms with van der Waals surface area (Å²) in [5, 5.41) is 1.86. The summed E-state index contributed by atoms with van der Waals surface area (Å²) in [6, 6.07) is 7.17. The van der Waals surface area contributed by atoms with E-state index in [4.69, 9.17) is 0 Å². The molecule has 1 aliphatic rings. The minimum absolute atomic E-state index is 0.0851. The van der Waals surface area contributed by atoms with Gasteiger partial charge in [-0.25, -0.2) is 8.42 Å². The minimum atomic E-state index is -3.39. The summed E-state index contributed by atoms with van der Waals surface area (Å²) >= 11 is 0. The zero-order valence-electron chi connectivity index (χ0n) is 11.5. The van der Waals surface area contributed by atoms with Gasteiger partial charge < -0.3 is 0 Å². The quantitative estimate of drug-likeness (QED) is 0.854. The number of sulfonamides is 1. The van der Waals surface area contributed by atoms with Gasteiger partial charge in [0.2, 0.25) is 10.0 Å². The van der Waals surface area contributed by atoms with E-state index in [2.05, 4.69) is 4.98 Å². The molecule has 1 unspecified atom stereocenters. The molecule has 0 spiro atoms. The van der Waals surface area contributed by atoms with Crippen LogP contribution in [-0.2, 0) is 10.0 Å². The number of pyridine rings is 1. The molecule has 20 heavy (non-hydrogen) atoms. The van der Waals surface area contributed by atoms with Crippen molar-refractivity contribution in [1.82, 2.24) is 9.29 Å². The van der Waals surface area contributed by atoms with Crippen molar-refractivity contribution in [2.75, 3.05) is 6.54 Å². The predicted molar refractivity (Wildman–Crippen MR) is 78.9 cm³/mol. The van der Waals surface area contributed by atoms with Crippen LogP contribution in [0.4, 0.5) is 0 Å². The highest BCUT2D eigenvalue weighted by Crippen LogP contribution is 2.26. The summed E-state index contributed by atoms with van der Waals surface area (Å²) in [6.07, 6.45) is 6.42. The monoisotopic (exact) mass is 290 g/mol. The van der Waals surface area contributed by atoms with Gasteiger partial charge in [0.15, 0.2) is 0 Å². The van der Waals surface area contributed by atoms with Gasteiger partial charge in [0, 0.05) is 30.4 Å². The summed E-state index contributed by atoms with van der Waals surface area (Å²) in [5.74, 6) is 0. The molecular formula is C15H18N2O2S. The van der Waals surface area contributed by atoms with Crippen LogP contribution < -0.4 is 0 Å². The number of rotatable bonds is 2. The lowest BCUT2D eigenvalue weighted by molar-refractivity contribution is 0.268. The SMILES string of the molecule is CC1CCCCN1S(=O)(=O)c1ccc2cnccc2c1. The zero-order chi connectivity index (χ0) is 14.2. The van der Waals surface area contributed by atoms with Crippen LogP contribution in [0.3, 0.4) is 0 Å². The van der Waals surface area contributed by atoms with Crippen LogP contribution in [-0.4, -0.2) is 30.3 Å². The molecule has 1 aromatic heterocycles. The fourth-order valence-electron chi connectivity index (χ4n) is 2.79. The Hall–Kier alpha value is -1.46. The fourth-order valence-corrected chi connectivity index (χ4v) is 4.52. The lowest BCUT2D eigenvalue weighted by atomic mass is 10.1. The second kappa shape index (κ2) is 5.14. The molecule has 3 rings (SSSR count). The summed E-state index contributed by atoms with van der Waals surface area (Å²) in [6.45, 7) is 2.61. The second-order valence-corrected chi connectivity index (χ2v) is 7.24. The minimum Gasteiger partial charge on any atom is -0.264 e. The Morgan fingerprint density at radius 2 is 2.05 bits per heavy atom. The molecule has 0 saturated carbocycles. The molecule has 4 nitrogen and oxygen atoms in total. The largest absolute Gasteiger partial charge is 0.264 e. The average Bonchev–Trinajstić information content (AvgIpc) is 2.47. The molecular weight excluding hydrogens is 272 g/mol. The van der Waals surface area contributed by atoms with Crippen LogP contribution in [0.25, 0.3) is 10.8 Å². The van der Waals surface area contributed by atoms with E-state index in [9.17, 15) is 8.42 Å². The third-order valence-electron chi connectivity index (χ3n) is 3.96. The summed E-state index contributed by atoms with van der Waals surface area (Å²) < 4.78 is 27.1. The normalized spacial score (nSPS) is 21.1. The van der Waals surface area contributed by atoms with E-state index in [0.717, 1.165) is 30.0 Å². The fraction of sp³-hybridized carbons (Fsp3) is 0.400. The number of aromatic nitrogens is 1. The van der Waals surface area contributed by atoms with Crippen LogP contribution in [0, 0.1) is 0 Å². The van der Waals surface area contributed by atoms with E-state index in [1.807, 2.05) is 19.1 Å². The number of hydrogen-bond acceptors (Lipinski definition) is 3. The molecule has 1 saturated heterocycles. The van der Waals surface area contributed by atoms with Crippen molar-refractivity contribution in [3.8, 4) is 0 Å². The van der Waals surface area contributed by atoms with Gasteiger partial charge in [-0.15, -0.1) is 0 Å². The van der Waals surface area contributed by atoms with Crippen LogP contribution in [0.15, 0.2) is 41.6 Å². The van der Waals surface area contributed by atoms with Crippen molar-refractivity contribution in [3.63, 3.8) is 0 Å². The van der Waals surface area contributed by atoms with Crippen LogP contribution in [0.2, 0.25) is 0 Å². The van der Waals surface area contributed by atoms with Gasteiger partial charge in [0.25, 0.3) is 0 Å². The molecule has 2 aromatic rings. The highest BCUT2D eigenvalue weighted by Gasteiger charge is 2.30. The third-order valence-corrected chi connectivity index (χ3v) is 5.97. The standard InChI is InChI=1S/C15H18N2O2S/c1-12-4-2-3-9-17(12)20(18,19)15-6-5-14-11-16-8-7-13(14)10-15/h5-8,10-12H,2-4,9H2,1H3. The van der Waals surface area contributed by atoms with Gasteiger partial charge in [0.1, 0.15) is 0 Å². The molecule has 0 radical (unpaired) electrons. The van der Waals surface area contributed by atoms with Crippen molar-refractivity contribution in [2.24, 2.45) is 0 Å². The highest BCUT2D eigenvalue weighted by molar-refractivity contribution is 7.89. The van der Waals surface area contributed by atoms with E-state index in [-0.39, 0.29) is 6.04 Å². The Balaban J connectivity index is 2.04. The Kier molecular flexibility index (Phi) is 3.48. The Morgan fingerprint density at radius 3 is 2.85 bits per heavy atom. The first-order valence-corrected chi connectivity index (χ1v) is 8.39. The van der Waals surface area contributed by atoms with Crippen molar-refractivity contribution >= 4 is 20.8 Å². The molecule has 0 bridgehead atoms. The molecule has 1 aliphatic heterocycles. The Morgan fingerprint density at radius 1 is 1.20 bits per heavy atom. The van der Waals surface area contributed by atoms with Crippen molar-refractivity contribution in [3.05, 3.63) is 36.7 Å². The number of piperidine rings is 1. The topological polar surface area (TPSA) is 50.3 Å². The first-order valence-electron chi connectivity index (χ1n) is 6.95. The van der Waals surface area contributed by atoms with Crippen molar-refractivity contribution < 1.29 is 8.42 Å². The lowest BCUT2D eigenvalue weighted by Crippen LogP contribution is -2.41. The maximum Gasteiger partial charge on any atom is 0.243 e. The molecule has 0 N–H and O–H groups in total. The van der Waals surface area contributed by atoms with Crippen LogP contribution in [0.1, 0.15) is 26.2 Å². The maximum absolute atomic E-state index is 12.8. The van der Waals surface area contributed by atoms with E-state index in [0.29, 0.717) is 11.4 Å². The van der Waals surface area contributed by atoms with Crippen molar-refractivity contribution in [2.45, 2.75) is 37.1 Å². The third kappa shape index (κ3) is 2.31. The van der Waals surface area contributed by atoms with Crippen LogP contribution in [0.5, 0.6) is 0 Å². The molecule has 0 amide bonds. The molecule has 1 aromatic carbocycles. The number of benzene rings is 1.